The van der Waals surface area contributed by atoms with E-state index < -0.39 is 10.0 Å². The number of benzene rings is 2. The maximum Gasteiger partial charge on any atom is 0.302 e. The van der Waals surface area contributed by atoms with Crippen LogP contribution < -0.4 is 14.0 Å². The summed E-state index contributed by atoms with van der Waals surface area (Å²) >= 11 is 0. The Morgan fingerprint density at radius 3 is 2.67 bits per heavy atom. The number of aryl methyl sites for hydroxylation is 1. The number of pyridine rings is 1. The fourth-order valence-corrected chi connectivity index (χ4v) is 4.09. The number of aromatic nitrogens is 1. The van der Waals surface area contributed by atoms with Crippen LogP contribution in [0.5, 0.6) is 5.75 Å². The summed E-state index contributed by atoms with van der Waals surface area (Å²) in [6.45, 7) is 0.695. The van der Waals surface area contributed by atoms with Crippen LogP contribution in [0.25, 0.3) is 11.1 Å². The van der Waals surface area contributed by atoms with E-state index in [0.29, 0.717) is 18.1 Å². The lowest BCUT2D eigenvalue weighted by Crippen LogP contribution is -2.47. The molecule has 1 N–H and O–H groups in total. The molecule has 5 nitrogen and oxygen atoms in total. The van der Waals surface area contributed by atoms with Gasteiger partial charge in [0.15, 0.2) is 0 Å². The first-order chi connectivity index (χ1) is 13.0. The number of nitrogens with zero attached hydrogens (tertiary/aromatic N) is 1. The summed E-state index contributed by atoms with van der Waals surface area (Å²) in [5, 5.41) is 0. The van der Waals surface area contributed by atoms with Crippen LogP contribution in [0.2, 0.25) is 0 Å². The number of rotatable bonds is 4. The maximum atomic E-state index is 13.2. The molecule has 1 aliphatic rings. The molecule has 1 aromatic heterocycles. The minimum Gasteiger partial charge on any atom is -0.489 e. The molecule has 0 amide bonds. The number of hydrogen-bond acceptors (Lipinski definition) is 3. The van der Waals surface area contributed by atoms with Gasteiger partial charge in [-0.25, -0.2) is 8.96 Å². The predicted molar refractivity (Wildman–Crippen MR) is 100 cm³/mol. The quantitative estimate of drug-likeness (QED) is 0.702. The Bertz CT molecular complexity index is 1080. The van der Waals surface area contributed by atoms with Crippen molar-refractivity contribution in [1.82, 2.24) is 0 Å². The second kappa shape index (κ2) is 7.00. The molecule has 2 aromatic carbocycles. The summed E-state index contributed by atoms with van der Waals surface area (Å²) < 4.78 is 47.3. The molecule has 7 heteroatoms. The summed E-state index contributed by atoms with van der Waals surface area (Å²) in [5.74, 6) is 1.000. The number of sulfonamides is 1. The number of fused-ring (bicyclic) bond motifs is 1. The Morgan fingerprint density at radius 1 is 1.07 bits per heavy atom. The topological polar surface area (TPSA) is 59.3 Å². The van der Waals surface area contributed by atoms with Gasteiger partial charge in [-0.15, -0.1) is 0 Å². The van der Waals surface area contributed by atoms with Crippen molar-refractivity contribution in [3.8, 4) is 16.9 Å². The third-order valence-corrected chi connectivity index (χ3v) is 5.61. The average molecular weight is 385 g/mol. The van der Waals surface area contributed by atoms with Gasteiger partial charge in [0, 0.05) is 0 Å². The molecular weight excluding hydrogens is 367 g/mol. The fraction of sp³-hybridized carbons (Fsp3) is 0.150. The minimum atomic E-state index is -3.30. The number of halogens is 1. The molecule has 0 radical (unpaired) electrons. The molecule has 0 atom stereocenters. The molecule has 0 saturated carbocycles. The van der Waals surface area contributed by atoms with Gasteiger partial charge >= 0.3 is 10.0 Å². The second-order valence-electron chi connectivity index (χ2n) is 6.33. The zero-order valence-corrected chi connectivity index (χ0v) is 15.2. The van der Waals surface area contributed by atoms with E-state index in [4.69, 9.17) is 4.74 Å². The van der Waals surface area contributed by atoms with Gasteiger partial charge < -0.3 is 4.74 Å². The maximum absolute atomic E-state index is 13.2. The molecule has 0 saturated heterocycles. The Labute approximate surface area is 157 Å². The normalized spacial score (nSPS) is 14.9. The predicted octanol–water partition coefficient (Wildman–Crippen LogP) is 3.11. The van der Waals surface area contributed by atoms with Crippen LogP contribution in [-0.4, -0.2) is 14.2 Å². The second-order valence-corrected chi connectivity index (χ2v) is 8.17. The van der Waals surface area contributed by atoms with Crippen molar-refractivity contribution < 1.29 is 22.1 Å². The Kier molecular flexibility index (Phi) is 4.53. The van der Waals surface area contributed by atoms with Crippen molar-refractivity contribution in [3.05, 3.63) is 78.2 Å². The SMILES string of the molecule is O=S1(=O)CC[n+]2cccc(-c3ccc(OCc4cccc(F)c4)cc3)c2N1. The van der Waals surface area contributed by atoms with Gasteiger partial charge in [-0.1, -0.05) is 24.3 Å². The summed E-state index contributed by atoms with van der Waals surface area (Å²) in [4.78, 5) is 0. The van der Waals surface area contributed by atoms with Crippen LogP contribution in [0.3, 0.4) is 0 Å². The smallest absolute Gasteiger partial charge is 0.302 e. The van der Waals surface area contributed by atoms with Crippen molar-refractivity contribution in [3.63, 3.8) is 0 Å². The lowest BCUT2D eigenvalue weighted by atomic mass is 10.1. The molecule has 0 aliphatic carbocycles. The van der Waals surface area contributed by atoms with Crippen molar-refractivity contribution in [2.24, 2.45) is 0 Å². The summed E-state index contributed by atoms with van der Waals surface area (Å²) in [6, 6.07) is 17.4. The van der Waals surface area contributed by atoms with Crippen molar-refractivity contribution >= 4 is 15.8 Å². The highest BCUT2D eigenvalue weighted by molar-refractivity contribution is 7.92. The van der Waals surface area contributed by atoms with Crippen molar-refractivity contribution in [2.45, 2.75) is 13.2 Å². The van der Waals surface area contributed by atoms with E-state index >= 15 is 0 Å². The molecular formula is C20H18FN2O3S+. The zero-order valence-electron chi connectivity index (χ0n) is 14.4. The highest BCUT2D eigenvalue weighted by atomic mass is 32.2. The number of anilines is 1. The van der Waals surface area contributed by atoms with E-state index in [0.717, 1.165) is 16.7 Å². The monoisotopic (exact) mass is 385 g/mol. The highest BCUT2D eigenvalue weighted by Crippen LogP contribution is 2.29. The number of hydrogen-bond donors (Lipinski definition) is 1. The third-order valence-electron chi connectivity index (χ3n) is 4.38. The minimum absolute atomic E-state index is 0.0704. The first-order valence-corrected chi connectivity index (χ1v) is 10.2. The largest absolute Gasteiger partial charge is 0.489 e. The van der Waals surface area contributed by atoms with Crippen molar-refractivity contribution in [1.29, 1.82) is 0 Å². The molecule has 0 fully saturated rings. The van der Waals surface area contributed by atoms with E-state index in [2.05, 4.69) is 4.72 Å². The summed E-state index contributed by atoms with van der Waals surface area (Å²) in [7, 11) is -3.30. The van der Waals surface area contributed by atoms with Gasteiger partial charge in [-0.2, -0.15) is 13.1 Å². The molecule has 0 bridgehead atoms. The molecule has 27 heavy (non-hydrogen) atoms. The Morgan fingerprint density at radius 2 is 1.89 bits per heavy atom. The molecule has 1 aliphatic heterocycles. The molecule has 0 unspecified atom stereocenters. The Hall–Kier alpha value is -2.93. The van der Waals surface area contributed by atoms with Gasteiger partial charge in [0.25, 0.3) is 5.82 Å². The fourth-order valence-electron chi connectivity index (χ4n) is 3.03. The highest BCUT2D eigenvalue weighted by Gasteiger charge is 2.29. The lowest BCUT2D eigenvalue weighted by molar-refractivity contribution is -0.679. The van der Waals surface area contributed by atoms with E-state index in [9.17, 15) is 12.8 Å². The van der Waals surface area contributed by atoms with Crippen LogP contribution in [0.1, 0.15) is 5.56 Å². The van der Waals surface area contributed by atoms with E-state index in [1.165, 1.54) is 12.1 Å². The Balaban J connectivity index is 1.55. The van der Waals surface area contributed by atoms with E-state index in [1.807, 2.05) is 47.2 Å². The van der Waals surface area contributed by atoms with Gasteiger partial charge in [-0.05, 0) is 47.5 Å². The van der Waals surface area contributed by atoms with Crippen LogP contribution in [0.15, 0.2) is 66.9 Å². The van der Waals surface area contributed by atoms with Gasteiger partial charge in [-0.3, -0.25) is 0 Å². The zero-order chi connectivity index (χ0) is 18.9. The number of nitrogens with one attached hydrogen (secondary N) is 1. The lowest BCUT2D eigenvalue weighted by Gasteiger charge is -2.16. The van der Waals surface area contributed by atoms with Crippen LogP contribution in [0, 0.1) is 5.82 Å². The summed E-state index contributed by atoms with van der Waals surface area (Å²) in [5.41, 5.74) is 2.43. The van der Waals surface area contributed by atoms with Crippen LogP contribution >= 0.6 is 0 Å². The van der Waals surface area contributed by atoms with Crippen LogP contribution in [0.4, 0.5) is 10.2 Å². The first kappa shape index (κ1) is 17.5. The summed E-state index contributed by atoms with van der Waals surface area (Å²) in [6.07, 6.45) is 1.86. The molecule has 3 aromatic rings. The van der Waals surface area contributed by atoms with E-state index in [-0.39, 0.29) is 18.2 Å². The first-order valence-electron chi connectivity index (χ1n) is 8.51. The number of ether oxygens (including phenoxy) is 1. The third kappa shape index (κ3) is 3.93. The molecule has 138 valence electrons. The van der Waals surface area contributed by atoms with Crippen molar-refractivity contribution in [2.75, 3.05) is 10.5 Å². The van der Waals surface area contributed by atoms with Gasteiger partial charge in [0.1, 0.15) is 30.5 Å². The van der Waals surface area contributed by atoms with E-state index in [1.54, 1.807) is 12.1 Å². The molecule has 2 heterocycles. The van der Waals surface area contributed by atoms with Gasteiger partial charge in [0.05, 0.1) is 11.8 Å². The van der Waals surface area contributed by atoms with Crippen LogP contribution in [-0.2, 0) is 23.2 Å². The average Bonchev–Trinajstić information content (AvgIpc) is 2.66. The van der Waals surface area contributed by atoms with Gasteiger partial charge in [0.2, 0.25) is 0 Å². The molecule has 4 rings (SSSR count). The molecule has 0 spiro atoms. The standard InChI is InChI=1S/C20H17FN2O3S/c21-17-4-1-3-15(13-17)14-26-18-8-6-16(7-9-18)19-5-2-10-23-11-12-27(24,25)22-20(19)23/h1-10,13H,11-12,14H2/p+1.